The summed E-state index contributed by atoms with van der Waals surface area (Å²) in [6, 6.07) is 0.337. The highest BCUT2D eigenvalue weighted by Crippen LogP contribution is 2.27. The molecule has 3 heteroatoms. The first-order chi connectivity index (χ1) is 8.35. The van der Waals surface area contributed by atoms with Crippen LogP contribution in [0.5, 0.6) is 0 Å². The van der Waals surface area contributed by atoms with Crippen LogP contribution in [-0.4, -0.2) is 23.5 Å². The Morgan fingerprint density at radius 3 is 2.33 bits per heavy atom. The van der Waals surface area contributed by atoms with Crippen molar-refractivity contribution in [2.24, 2.45) is 5.92 Å². The molecule has 18 heavy (non-hydrogen) atoms. The third kappa shape index (κ3) is 4.60. The molecule has 0 spiro atoms. The fourth-order valence-electron chi connectivity index (χ4n) is 2.59. The number of hydrogen-bond donors (Lipinski definition) is 2. The van der Waals surface area contributed by atoms with Crippen molar-refractivity contribution in [2.75, 3.05) is 0 Å². The molecule has 0 saturated heterocycles. The first kappa shape index (κ1) is 15.5. The van der Waals surface area contributed by atoms with Crippen LogP contribution in [-0.2, 0) is 4.79 Å². The minimum atomic E-state index is -0.108. The van der Waals surface area contributed by atoms with Crippen LogP contribution in [0.25, 0.3) is 0 Å². The highest BCUT2D eigenvalue weighted by Gasteiger charge is 2.26. The molecule has 1 aliphatic carbocycles. The number of amides is 1. The zero-order valence-electron chi connectivity index (χ0n) is 12.7. The van der Waals surface area contributed by atoms with Gasteiger partial charge in [0.15, 0.2) is 0 Å². The van der Waals surface area contributed by atoms with Gasteiger partial charge in [-0.15, -0.1) is 0 Å². The summed E-state index contributed by atoms with van der Waals surface area (Å²) < 4.78 is 0. The van der Waals surface area contributed by atoms with Gasteiger partial charge in [-0.25, -0.2) is 0 Å². The molecular formula is C15H30N2O. The molecule has 1 rings (SSSR count). The summed E-state index contributed by atoms with van der Waals surface area (Å²) in [5, 5.41) is 6.56. The Labute approximate surface area is 112 Å². The second kappa shape index (κ2) is 6.55. The molecule has 0 heterocycles. The van der Waals surface area contributed by atoms with E-state index in [2.05, 4.69) is 38.3 Å². The monoisotopic (exact) mass is 254 g/mol. The predicted octanol–water partition coefficient (Wildman–Crippen LogP) is 2.85. The maximum absolute atomic E-state index is 12.1. The van der Waals surface area contributed by atoms with E-state index >= 15 is 0 Å². The van der Waals surface area contributed by atoms with Crippen LogP contribution in [0.2, 0.25) is 0 Å². The van der Waals surface area contributed by atoms with Crippen molar-refractivity contribution in [3.63, 3.8) is 0 Å². The average Bonchev–Trinajstić information content (AvgIpc) is 2.81. The normalized spacial score (nSPS) is 20.7. The summed E-state index contributed by atoms with van der Waals surface area (Å²) in [6.45, 7) is 10.4. The molecule has 0 radical (unpaired) electrons. The lowest BCUT2D eigenvalue weighted by molar-refractivity contribution is -0.124. The van der Waals surface area contributed by atoms with Gasteiger partial charge in [-0.2, -0.15) is 0 Å². The summed E-state index contributed by atoms with van der Waals surface area (Å²) in [4.78, 5) is 12.1. The molecule has 0 bridgehead atoms. The molecule has 1 unspecified atom stereocenters. The summed E-state index contributed by atoms with van der Waals surface area (Å²) in [5.74, 6) is 0.867. The number of rotatable bonds is 6. The molecular weight excluding hydrogens is 224 g/mol. The third-order valence-electron chi connectivity index (χ3n) is 4.36. The molecule has 0 aromatic heterocycles. The minimum Gasteiger partial charge on any atom is -0.350 e. The van der Waals surface area contributed by atoms with Crippen molar-refractivity contribution >= 4 is 5.91 Å². The van der Waals surface area contributed by atoms with Gasteiger partial charge in [-0.3, -0.25) is 4.79 Å². The number of carbonyl (C=O) groups is 1. The van der Waals surface area contributed by atoms with E-state index in [4.69, 9.17) is 0 Å². The molecule has 1 saturated carbocycles. The molecule has 0 aliphatic heterocycles. The standard InChI is InChI=1S/C15H30N2O/c1-6-15(4,5)17-14(18)12(3)16-11(2)13-9-7-8-10-13/h11-13,16H,6-10H2,1-5H3,(H,17,18)/t11-,12?/m1/s1. The number of nitrogens with one attached hydrogen (secondary N) is 2. The Bertz CT molecular complexity index is 270. The Hall–Kier alpha value is -0.570. The van der Waals surface area contributed by atoms with Crippen LogP contribution in [0.15, 0.2) is 0 Å². The molecule has 1 aliphatic rings. The highest BCUT2D eigenvalue weighted by atomic mass is 16.2. The van der Waals surface area contributed by atoms with Gasteiger partial charge in [0, 0.05) is 11.6 Å². The van der Waals surface area contributed by atoms with E-state index in [0.29, 0.717) is 6.04 Å². The minimum absolute atomic E-state index is 0.105. The first-order valence-corrected chi connectivity index (χ1v) is 7.44. The lowest BCUT2D eigenvalue weighted by atomic mass is 9.98. The number of carbonyl (C=O) groups excluding carboxylic acids is 1. The van der Waals surface area contributed by atoms with Crippen LogP contribution in [0.1, 0.15) is 66.7 Å². The van der Waals surface area contributed by atoms with E-state index in [-0.39, 0.29) is 17.5 Å². The summed E-state index contributed by atoms with van der Waals surface area (Å²) in [5.41, 5.74) is -0.108. The molecule has 1 fully saturated rings. The Balaban J connectivity index is 2.39. The largest absolute Gasteiger partial charge is 0.350 e. The van der Waals surface area contributed by atoms with Gasteiger partial charge in [0.2, 0.25) is 5.91 Å². The molecule has 2 atom stereocenters. The van der Waals surface area contributed by atoms with Crippen molar-refractivity contribution in [1.82, 2.24) is 10.6 Å². The van der Waals surface area contributed by atoms with Gasteiger partial charge in [-0.05, 0) is 52.9 Å². The highest BCUT2D eigenvalue weighted by molar-refractivity contribution is 5.82. The van der Waals surface area contributed by atoms with Crippen LogP contribution in [0.3, 0.4) is 0 Å². The van der Waals surface area contributed by atoms with Crippen LogP contribution >= 0.6 is 0 Å². The van der Waals surface area contributed by atoms with E-state index in [1.54, 1.807) is 0 Å². The van der Waals surface area contributed by atoms with Gasteiger partial charge in [0.1, 0.15) is 0 Å². The van der Waals surface area contributed by atoms with Gasteiger partial charge < -0.3 is 10.6 Å². The van der Waals surface area contributed by atoms with Crippen molar-refractivity contribution in [1.29, 1.82) is 0 Å². The van der Waals surface area contributed by atoms with E-state index in [0.717, 1.165) is 12.3 Å². The number of hydrogen-bond acceptors (Lipinski definition) is 2. The smallest absolute Gasteiger partial charge is 0.237 e. The molecule has 3 nitrogen and oxygen atoms in total. The fraction of sp³-hybridized carbons (Fsp3) is 0.933. The van der Waals surface area contributed by atoms with Crippen LogP contribution in [0.4, 0.5) is 0 Å². The van der Waals surface area contributed by atoms with E-state index in [9.17, 15) is 4.79 Å². The summed E-state index contributed by atoms with van der Waals surface area (Å²) >= 11 is 0. The van der Waals surface area contributed by atoms with Crippen molar-refractivity contribution in [3.05, 3.63) is 0 Å². The Kier molecular flexibility index (Phi) is 5.64. The summed E-state index contributed by atoms with van der Waals surface area (Å²) in [6.07, 6.45) is 6.26. The first-order valence-electron chi connectivity index (χ1n) is 7.44. The molecule has 0 aromatic carbocycles. The topological polar surface area (TPSA) is 41.1 Å². The van der Waals surface area contributed by atoms with Crippen molar-refractivity contribution < 1.29 is 4.79 Å². The van der Waals surface area contributed by atoms with Crippen LogP contribution < -0.4 is 10.6 Å². The van der Waals surface area contributed by atoms with Crippen molar-refractivity contribution in [2.45, 2.75) is 84.3 Å². The van der Waals surface area contributed by atoms with Gasteiger partial charge in [0.25, 0.3) is 0 Å². The second-order valence-corrected chi connectivity index (χ2v) is 6.45. The fourth-order valence-corrected chi connectivity index (χ4v) is 2.59. The SMILES string of the molecule is CCC(C)(C)NC(=O)C(C)N[C@H](C)C1CCCC1. The zero-order chi connectivity index (χ0) is 13.8. The summed E-state index contributed by atoms with van der Waals surface area (Å²) in [7, 11) is 0. The molecule has 0 aromatic rings. The lowest BCUT2D eigenvalue weighted by Crippen LogP contribution is -2.53. The third-order valence-corrected chi connectivity index (χ3v) is 4.36. The average molecular weight is 254 g/mol. The lowest BCUT2D eigenvalue weighted by Gasteiger charge is -2.29. The maximum atomic E-state index is 12.1. The molecule has 1 amide bonds. The molecule has 106 valence electrons. The Morgan fingerprint density at radius 2 is 1.83 bits per heavy atom. The van der Waals surface area contributed by atoms with Gasteiger partial charge in [-0.1, -0.05) is 19.8 Å². The van der Waals surface area contributed by atoms with E-state index in [1.165, 1.54) is 25.7 Å². The zero-order valence-corrected chi connectivity index (χ0v) is 12.7. The van der Waals surface area contributed by atoms with Crippen LogP contribution in [0, 0.1) is 5.92 Å². The van der Waals surface area contributed by atoms with Gasteiger partial charge in [0.05, 0.1) is 6.04 Å². The van der Waals surface area contributed by atoms with Crippen molar-refractivity contribution in [3.8, 4) is 0 Å². The molecule has 2 N–H and O–H groups in total. The predicted molar refractivity (Wildman–Crippen MR) is 76.5 cm³/mol. The maximum Gasteiger partial charge on any atom is 0.237 e. The van der Waals surface area contributed by atoms with E-state index in [1.807, 2.05) is 6.92 Å². The van der Waals surface area contributed by atoms with Gasteiger partial charge >= 0.3 is 0 Å². The Morgan fingerprint density at radius 1 is 1.28 bits per heavy atom. The quantitative estimate of drug-likeness (QED) is 0.765. The second-order valence-electron chi connectivity index (χ2n) is 6.45. The van der Waals surface area contributed by atoms with E-state index < -0.39 is 0 Å².